The molecule has 0 spiro atoms. The second-order valence-corrected chi connectivity index (χ2v) is 5.65. The molecule has 0 unspecified atom stereocenters. The van der Waals surface area contributed by atoms with E-state index < -0.39 is 18.2 Å². The molecule has 0 atom stereocenters. The Morgan fingerprint density at radius 3 is 2.48 bits per heavy atom. The minimum absolute atomic E-state index is 0. The summed E-state index contributed by atoms with van der Waals surface area (Å²) >= 11 is 0. The first kappa shape index (κ1) is 24.8. The van der Waals surface area contributed by atoms with Crippen LogP contribution in [-0.2, 0) is 13.1 Å². The fourth-order valence-corrected chi connectivity index (χ4v) is 2.38. The molecule has 0 aliphatic heterocycles. The molecule has 10 heteroatoms. The Morgan fingerprint density at radius 1 is 1.07 bits per heavy atom. The van der Waals surface area contributed by atoms with Gasteiger partial charge in [0.25, 0.3) is 0 Å². The third-order valence-electron chi connectivity index (χ3n) is 3.66. The predicted octanol–water partition coefficient (Wildman–Crippen LogP) is 4.45. The monoisotopic (exact) mass is 527 g/mol. The fourth-order valence-electron chi connectivity index (χ4n) is 2.38. The van der Waals surface area contributed by atoms with E-state index in [1.54, 1.807) is 6.07 Å². The average molecular weight is 527 g/mol. The molecule has 0 saturated heterocycles. The van der Waals surface area contributed by atoms with E-state index in [2.05, 4.69) is 20.4 Å². The van der Waals surface area contributed by atoms with Gasteiger partial charge < -0.3 is 20.1 Å². The summed E-state index contributed by atoms with van der Waals surface area (Å²) in [5, 5.41) is 5.87. The lowest BCUT2D eigenvalue weighted by atomic mass is 10.2. The summed E-state index contributed by atoms with van der Waals surface area (Å²) in [4.78, 5) is 4.32. The van der Waals surface area contributed by atoms with E-state index in [0.717, 1.165) is 18.2 Å². The van der Waals surface area contributed by atoms with Crippen LogP contribution in [0.4, 0.5) is 17.6 Å². The van der Waals surface area contributed by atoms with Crippen LogP contribution in [0.5, 0.6) is 11.5 Å². The Hall–Kier alpha value is -2.24. The SMILES string of the molecule is CCNC(=NCc1ccc(OC)c(OC(F)F)c1)NCc1cc(F)ccc1F.I. The van der Waals surface area contributed by atoms with E-state index in [1.807, 2.05) is 6.92 Å². The Morgan fingerprint density at radius 2 is 1.83 bits per heavy atom. The van der Waals surface area contributed by atoms with Crippen molar-refractivity contribution in [3.63, 3.8) is 0 Å². The number of hydrogen-bond acceptors (Lipinski definition) is 3. The summed E-state index contributed by atoms with van der Waals surface area (Å²) in [5.74, 6) is -0.624. The van der Waals surface area contributed by atoms with Gasteiger partial charge in [0.05, 0.1) is 13.7 Å². The van der Waals surface area contributed by atoms with Gasteiger partial charge in [-0.25, -0.2) is 13.8 Å². The van der Waals surface area contributed by atoms with Gasteiger partial charge in [-0.1, -0.05) is 6.07 Å². The number of benzene rings is 2. The summed E-state index contributed by atoms with van der Waals surface area (Å²) in [5.41, 5.74) is 0.758. The average Bonchev–Trinajstić information content (AvgIpc) is 2.66. The van der Waals surface area contributed by atoms with E-state index >= 15 is 0 Å². The zero-order chi connectivity index (χ0) is 20.5. The number of ether oxygens (including phenoxy) is 2. The molecule has 2 rings (SSSR count). The van der Waals surface area contributed by atoms with Crippen LogP contribution in [0.1, 0.15) is 18.1 Å². The number of halogens is 5. The largest absolute Gasteiger partial charge is 0.493 e. The van der Waals surface area contributed by atoms with Crippen LogP contribution < -0.4 is 20.1 Å². The number of hydrogen-bond donors (Lipinski definition) is 2. The number of nitrogens with zero attached hydrogens (tertiary/aromatic N) is 1. The molecule has 5 nitrogen and oxygen atoms in total. The maximum Gasteiger partial charge on any atom is 0.387 e. The van der Waals surface area contributed by atoms with Gasteiger partial charge in [0.15, 0.2) is 17.5 Å². The highest BCUT2D eigenvalue weighted by atomic mass is 127. The number of methoxy groups -OCH3 is 1. The van der Waals surface area contributed by atoms with Gasteiger partial charge in [-0.3, -0.25) is 0 Å². The lowest BCUT2D eigenvalue weighted by Crippen LogP contribution is -2.37. The molecule has 0 heterocycles. The van der Waals surface area contributed by atoms with Gasteiger partial charge in [-0.05, 0) is 42.8 Å². The van der Waals surface area contributed by atoms with Crippen LogP contribution in [0.15, 0.2) is 41.4 Å². The smallest absolute Gasteiger partial charge is 0.387 e. The van der Waals surface area contributed by atoms with Gasteiger partial charge >= 0.3 is 6.61 Å². The number of alkyl halides is 2. The molecule has 0 aliphatic carbocycles. The fraction of sp³-hybridized carbons (Fsp3) is 0.316. The zero-order valence-corrected chi connectivity index (χ0v) is 18.2. The van der Waals surface area contributed by atoms with Crippen LogP contribution in [0.3, 0.4) is 0 Å². The van der Waals surface area contributed by atoms with Crippen molar-refractivity contribution in [3.8, 4) is 11.5 Å². The van der Waals surface area contributed by atoms with E-state index in [9.17, 15) is 17.6 Å². The van der Waals surface area contributed by atoms with Crippen LogP contribution in [-0.4, -0.2) is 26.2 Å². The first-order chi connectivity index (χ1) is 13.4. The van der Waals surface area contributed by atoms with Crippen LogP contribution in [0.2, 0.25) is 0 Å². The first-order valence-electron chi connectivity index (χ1n) is 8.50. The highest BCUT2D eigenvalue weighted by Gasteiger charge is 2.11. The molecule has 2 aromatic carbocycles. The van der Waals surface area contributed by atoms with Crippen molar-refractivity contribution < 1.29 is 27.0 Å². The molecule has 0 aliphatic rings. The Kier molecular flexibility index (Phi) is 10.6. The number of rotatable bonds is 8. The number of aliphatic imine (C=N–C) groups is 1. The molecule has 29 heavy (non-hydrogen) atoms. The number of nitrogens with one attached hydrogen (secondary N) is 2. The zero-order valence-electron chi connectivity index (χ0n) is 15.8. The summed E-state index contributed by atoms with van der Waals surface area (Å²) in [6.45, 7) is -0.419. The van der Waals surface area contributed by atoms with E-state index in [0.29, 0.717) is 18.1 Å². The third-order valence-corrected chi connectivity index (χ3v) is 3.66. The van der Waals surface area contributed by atoms with Gasteiger partial charge in [0.2, 0.25) is 0 Å². The van der Waals surface area contributed by atoms with Crippen molar-refractivity contribution in [2.24, 2.45) is 4.99 Å². The normalized spacial score (nSPS) is 11.1. The molecule has 2 aromatic rings. The van der Waals surface area contributed by atoms with Crippen molar-refractivity contribution in [3.05, 3.63) is 59.2 Å². The molecular formula is C19H22F4IN3O2. The van der Waals surface area contributed by atoms with Gasteiger partial charge in [-0.2, -0.15) is 8.78 Å². The van der Waals surface area contributed by atoms with E-state index in [1.165, 1.54) is 19.2 Å². The van der Waals surface area contributed by atoms with Crippen molar-refractivity contribution in [2.75, 3.05) is 13.7 Å². The molecule has 2 N–H and O–H groups in total. The molecule has 160 valence electrons. The Bertz CT molecular complexity index is 822. The highest BCUT2D eigenvalue weighted by molar-refractivity contribution is 14.0. The lowest BCUT2D eigenvalue weighted by Gasteiger charge is -2.13. The van der Waals surface area contributed by atoms with Crippen LogP contribution in [0.25, 0.3) is 0 Å². The maximum atomic E-state index is 13.7. The minimum Gasteiger partial charge on any atom is -0.493 e. The van der Waals surface area contributed by atoms with Crippen molar-refractivity contribution in [1.29, 1.82) is 0 Å². The quantitative estimate of drug-likeness (QED) is 0.231. The topological polar surface area (TPSA) is 54.9 Å². The van der Waals surface area contributed by atoms with Gasteiger partial charge in [-0.15, -0.1) is 24.0 Å². The van der Waals surface area contributed by atoms with Crippen LogP contribution >= 0.6 is 24.0 Å². The maximum absolute atomic E-state index is 13.7. The molecule has 0 bridgehead atoms. The second-order valence-electron chi connectivity index (χ2n) is 5.65. The predicted molar refractivity (Wildman–Crippen MR) is 113 cm³/mol. The molecule has 0 saturated carbocycles. The Balaban J connectivity index is 0.00000420. The van der Waals surface area contributed by atoms with E-state index in [4.69, 9.17) is 4.74 Å². The molecular weight excluding hydrogens is 505 g/mol. The standard InChI is InChI=1S/C19H21F4N3O2.HI/c1-3-24-19(26-11-13-9-14(20)5-6-15(13)21)25-10-12-4-7-16(27-2)17(8-12)28-18(22)23;/h4-9,18H,3,10-11H2,1-2H3,(H2,24,25,26);1H. The molecule has 0 aromatic heterocycles. The third kappa shape index (κ3) is 7.95. The summed E-state index contributed by atoms with van der Waals surface area (Å²) in [6.07, 6.45) is 0. The van der Waals surface area contributed by atoms with Crippen molar-refractivity contribution in [2.45, 2.75) is 26.6 Å². The lowest BCUT2D eigenvalue weighted by molar-refractivity contribution is -0.0512. The van der Waals surface area contributed by atoms with Crippen LogP contribution in [0, 0.1) is 11.6 Å². The molecule has 0 fully saturated rings. The minimum atomic E-state index is -2.98. The number of guanidine groups is 1. The highest BCUT2D eigenvalue weighted by Crippen LogP contribution is 2.29. The summed E-state index contributed by atoms with van der Waals surface area (Å²) in [7, 11) is 1.35. The summed E-state index contributed by atoms with van der Waals surface area (Å²) in [6, 6.07) is 7.77. The second kappa shape index (κ2) is 12.3. The van der Waals surface area contributed by atoms with E-state index in [-0.39, 0.29) is 54.1 Å². The van der Waals surface area contributed by atoms with Gasteiger partial charge in [0.1, 0.15) is 11.6 Å². The van der Waals surface area contributed by atoms with Gasteiger partial charge in [0, 0.05) is 18.7 Å². The first-order valence-corrected chi connectivity index (χ1v) is 8.50. The van der Waals surface area contributed by atoms with Crippen molar-refractivity contribution >= 4 is 29.9 Å². The Labute approximate surface area is 183 Å². The van der Waals surface area contributed by atoms with Crippen molar-refractivity contribution in [1.82, 2.24) is 10.6 Å². The molecule has 0 radical (unpaired) electrons. The molecule has 0 amide bonds. The summed E-state index contributed by atoms with van der Waals surface area (Å²) < 4.78 is 61.5.